The molecule has 4 nitrogen and oxygen atoms in total. The van der Waals surface area contributed by atoms with Gasteiger partial charge in [-0.3, -0.25) is 0 Å². The highest BCUT2D eigenvalue weighted by molar-refractivity contribution is 9.10. The van der Waals surface area contributed by atoms with Gasteiger partial charge in [0.1, 0.15) is 0 Å². The second kappa shape index (κ2) is 5.91. The van der Waals surface area contributed by atoms with E-state index < -0.39 is 10.0 Å². The minimum Gasteiger partial charge on any atom is -0.393 e. The summed E-state index contributed by atoms with van der Waals surface area (Å²) < 4.78 is 27.6. The second-order valence-electron chi connectivity index (χ2n) is 5.04. The fourth-order valence-electron chi connectivity index (χ4n) is 2.37. The van der Waals surface area contributed by atoms with Gasteiger partial charge in [-0.15, -0.1) is 0 Å². The zero-order valence-corrected chi connectivity index (χ0v) is 13.2. The molecule has 0 heterocycles. The molecule has 19 heavy (non-hydrogen) atoms. The van der Waals surface area contributed by atoms with E-state index in [1.165, 1.54) is 0 Å². The van der Waals surface area contributed by atoms with Crippen LogP contribution in [0.15, 0.2) is 27.6 Å². The van der Waals surface area contributed by atoms with Crippen LogP contribution in [0.5, 0.6) is 0 Å². The van der Waals surface area contributed by atoms with Gasteiger partial charge in [0.2, 0.25) is 10.0 Å². The Labute approximate surface area is 122 Å². The number of hydrogen-bond acceptors (Lipinski definition) is 3. The van der Waals surface area contributed by atoms with Gasteiger partial charge in [-0.2, -0.15) is 0 Å². The van der Waals surface area contributed by atoms with E-state index in [1.54, 1.807) is 12.1 Å². The molecule has 0 amide bonds. The van der Waals surface area contributed by atoms with Crippen LogP contribution in [0.25, 0.3) is 0 Å². The molecule has 1 aromatic rings. The lowest BCUT2D eigenvalue weighted by Crippen LogP contribution is -2.32. The summed E-state index contributed by atoms with van der Waals surface area (Å²) in [6, 6.07) is 5.22. The van der Waals surface area contributed by atoms with Crippen LogP contribution >= 0.6 is 15.9 Å². The third kappa shape index (κ3) is 3.56. The lowest BCUT2D eigenvalue weighted by atomic mass is 10.1. The van der Waals surface area contributed by atoms with Crippen LogP contribution in [0.3, 0.4) is 0 Å². The molecule has 0 aromatic heterocycles. The Morgan fingerprint density at radius 1 is 1.42 bits per heavy atom. The van der Waals surface area contributed by atoms with Crippen molar-refractivity contribution in [3.05, 3.63) is 28.2 Å². The lowest BCUT2D eigenvalue weighted by Gasteiger charge is -2.16. The van der Waals surface area contributed by atoms with Crippen LogP contribution in [0.4, 0.5) is 0 Å². The maximum atomic E-state index is 12.2. The van der Waals surface area contributed by atoms with Gasteiger partial charge >= 0.3 is 0 Å². The van der Waals surface area contributed by atoms with E-state index in [0.29, 0.717) is 11.0 Å². The summed E-state index contributed by atoms with van der Waals surface area (Å²) in [7, 11) is -3.53. The van der Waals surface area contributed by atoms with Crippen molar-refractivity contribution in [2.45, 2.75) is 37.2 Å². The number of nitrogens with one attached hydrogen (secondary N) is 1. The molecule has 1 fully saturated rings. The van der Waals surface area contributed by atoms with Gasteiger partial charge in [-0.1, -0.05) is 12.5 Å². The maximum Gasteiger partial charge on any atom is 0.241 e. The molecular weight excluding hydrogens is 330 g/mol. The standard InChI is InChI=1S/C13H18BrNO3S/c1-9-5-6-11(14)13(7-9)19(17,18)15-8-10-3-2-4-12(10)16/h5-7,10,12,15-16H,2-4,8H2,1H3/t10-,12+/m0/s1. The van der Waals surface area contributed by atoms with Crippen molar-refractivity contribution in [1.82, 2.24) is 4.72 Å². The zero-order chi connectivity index (χ0) is 14.0. The quantitative estimate of drug-likeness (QED) is 0.877. The number of aliphatic hydroxyl groups is 1. The number of aryl methyl sites for hydroxylation is 1. The van der Waals surface area contributed by atoms with Crippen LogP contribution in [-0.2, 0) is 10.0 Å². The Morgan fingerprint density at radius 3 is 2.79 bits per heavy atom. The Bertz CT molecular complexity index is 559. The number of hydrogen-bond donors (Lipinski definition) is 2. The highest BCUT2D eigenvalue weighted by Crippen LogP contribution is 2.26. The van der Waals surface area contributed by atoms with E-state index in [4.69, 9.17) is 0 Å². The molecule has 1 saturated carbocycles. The Kier molecular flexibility index (Phi) is 4.66. The van der Waals surface area contributed by atoms with Crippen molar-refractivity contribution in [2.24, 2.45) is 5.92 Å². The summed E-state index contributed by atoms with van der Waals surface area (Å²) in [5, 5.41) is 9.71. The SMILES string of the molecule is Cc1ccc(Br)c(S(=O)(=O)NC[C@@H]2CCC[C@H]2O)c1. The summed E-state index contributed by atoms with van der Waals surface area (Å²) >= 11 is 3.26. The molecule has 2 atom stereocenters. The summed E-state index contributed by atoms with van der Waals surface area (Å²) in [5.74, 6) is 0.0263. The molecular formula is C13H18BrNO3S. The molecule has 1 aromatic carbocycles. The summed E-state index contributed by atoms with van der Waals surface area (Å²) in [6.07, 6.45) is 2.21. The predicted molar refractivity (Wildman–Crippen MR) is 77.4 cm³/mol. The minimum absolute atomic E-state index is 0.0263. The van der Waals surface area contributed by atoms with Crippen molar-refractivity contribution >= 4 is 26.0 Å². The van der Waals surface area contributed by atoms with Crippen molar-refractivity contribution in [1.29, 1.82) is 0 Å². The Hall–Kier alpha value is -0.430. The molecule has 0 aliphatic heterocycles. The average Bonchev–Trinajstić information content (AvgIpc) is 2.75. The number of benzene rings is 1. The first kappa shape index (κ1) is 15.0. The van der Waals surface area contributed by atoms with Crippen LogP contribution in [0.1, 0.15) is 24.8 Å². The first-order valence-electron chi connectivity index (χ1n) is 6.34. The molecule has 0 radical (unpaired) electrons. The second-order valence-corrected chi connectivity index (χ2v) is 7.63. The largest absolute Gasteiger partial charge is 0.393 e. The van der Waals surface area contributed by atoms with Crippen LogP contribution < -0.4 is 4.72 Å². The molecule has 1 aliphatic carbocycles. The molecule has 0 saturated heterocycles. The molecule has 1 aliphatic rings. The number of rotatable bonds is 4. The molecule has 2 rings (SSSR count). The van der Waals surface area contributed by atoms with E-state index in [9.17, 15) is 13.5 Å². The van der Waals surface area contributed by atoms with Crippen LogP contribution in [0.2, 0.25) is 0 Å². The van der Waals surface area contributed by atoms with Gasteiger partial charge in [0.25, 0.3) is 0 Å². The number of halogens is 1. The molecule has 0 bridgehead atoms. The zero-order valence-electron chi connectivity index (χ0n) is 10.8. The fourth-order valence-corrected chi connectivity index (χ4v) is 4.51. The maximum absolute atomic E-state index is 12.2. The average molecular weight is 348 g/mol. The topological polar surface area (TPSA) is 66.4 Å². The van der Waals surface area contributed by atoms with Crippen molar-refractivity contribution < 1.29 is 13.5 Å². The Morgan fingerprint density at radius 2 is 2.16 bits per heavy atom. The molecule has 6 heteroatoms. The van der Waals surface area contributed by atoms with Crippen molar-refractivity contribution in [3.8, 4) is 0 Å². The molecule has 2 N–H and O–H groups in total. The summed E-state index contributed by atoms with van der Waals surface area (Å²) in [4.78, 5) is 0.250. The summed E-state index contributed by atoms with van der Waals surface area (Å²) in [6.45, 7) is 2.15. The predicted octanol–water partition coefficient (Wildman–Crippen LogP) is 2.20. The third-order valence-electron chi connectivity index (χ3n) is 3.53. The monoisotopic (exact) mass is 347 g/mol. The van der Waals surface area contributed by atoms with Gasteiger partial charge in [0.15, 0.2) is 0 Å². The normalized spacial score (nSPS) is 23.7. The Balaban J connectivity index is 2.12. The highest BCUT2D eigenvalue weighted by Gasteiger charge is 2.27. The minimum atomic E-state index is -3.53. The third-order valence-corrected chi connectivity index (χ3v) is 5.95. The van der Waals surface area contributed by atoms with E-state index in [1.807, 2.05) is 13.0 Å². The first-order chi connectivity index (χ1) is 8.90. The molecule has 0 unspecified atom stereocenters. The van der Waals surface area contributed by atoms with Crippen molar-refractivity contribution in [3.63, 3.8) is 0 Å². The smallest absolute Gasteiger partial charge is 0.241 e. The fraction of sp³-hybridized carbons (Fsp3) is 0.538. The van der Waals surface area contributed by atoms with Crippen LogP contribution in [-0.4, -0.2) is 26.2 Å². The van der Waals surface area contributed by atoms with Gasteiger partial charge in [-0.25, -0.2) is 13.1 Å². The van der Waals surface area contributed by atoms with Gasteiger partial charge in [0, 0.05) is 11.0 Å². The van der Waals surface area contributed by atoms with Gasteiger partial charge < -0.3 is 5.11 Å². The highest BCUT2D eigenvalue weighted by atomic mass is 79.9. The van der Waals surface area contributed by atoms with E-state index >= 15 is 0 Å². The van der Waals surface area contributed by atoms with Crippen LogP contribution in [0, 0.1) is 12.8 Å². The van der Waals surface area contributed by atoms with E-state index in [2.05, 4.69) is 20.7 Å². The molecule has 106 valence electrons. The van der Waals surface area contributed by atoms with Gasteiger partial charge in [-0.05, 0) is 59.3 Å². The van der Waals surface area contributed by atoms with E-state index in [-0.39, 0.29) is 16.9 Å². The van der Waals surface area contributed by atoms with Crippen molar-refractivity contribution in [2.75, 3.05) is 6.54 Å². The lowest BCUT2D eigenvalue weighted by molar-refractivity contribution is 0.134. The number of aliphatic hydroxyl groups excluding tert-OH is 1. The first-order valence-corrected chi connectivity index (χ1v) is 8.61. The van der Waals surface area contributed by atoms with Gasteiger partial charge in [0.05, 0.1) is 11.0 Å². The molecule has 0 spiro atoms. The number of sulfonamides is 1. The van der Waals surface area contributed by atoms with E-state index in [0.717, 1.165) is 24.8 Å². The summed E-state index contributed by atoms with van der Waals surface area (Å²) in [5.41, 5.74) is 0.893.